The number of piperidine rings is 1. The summed E-state index contributed by atoms with van der Waals surface area (Å²) in [5, 5.41) is 4.81. The first-order valence-corrected chi connectivity index (χ1v) is 11.4. The van der Waals surface area contributed by atoms with Crippen LogP contribution in [0.3, 0.4) is 0 Å². The first-order chi connectivity index (χ1) is 15.7. The van der Waals surface area contributed by atoms with Gasteiger partial charge < -0.3 is 5.32 Å². The molecule has 1 aromatic carbocycles. The molecule has 1 aliphatic heterocycles. The van der Waals surface area contributed by atoms with E-state index in [0.29, 0.717) is 23.9 Å². The van der Waals surface area contributed by atoms with Crippen LogP contribution in [-0.4, -0.2) is 43.2 Å². The van der Waals surface area contributed by atoms with Crippen molar-refractivity contribution < 1.29 is 4.79 Å². The lowest BCUT2D eigenvalue weighted by Gasteiger charge is -2.31. The van der Waals surface area contributed by atoms with Crippen LogP contribution in [0, 0.1) is 5.92 Å². The minimum Gasteiger partial charge on any atom is -0.309 e. The van der Waals surface area contributed by atoms with E-state index in [2.05, 4.69) is 20.2 Å². The predicted molar refractivity (Wildman–Crippen MR) is 123 cm³/mol. The van der Waals surface area contributed by atoms with Crippen LogP contribution in [0.1, 0.15) is 18.5 Å². The van der Waals surface area contributed by atoms with Crippen molar-refractivity contribution in [2.75, 3.05) is 18.4 Å². The third-order valence-corrected chi connectivity index (χ3v) is 6.43. The number of nitrogens with zero attached hydrogens (tertiary/aromatic N) is 5. The second-order valence-electron chi connectivity index (χ2n) is 7.84. The topological polar surface area (TPSA) is 92.5 Å². The van der Waals surface area contributed by atoms with Crippen LogP contribution in [0.4, 0.5) is 5.82 Å². The summed E-state index contributed by atoms with van der Waals surface area (Å²) in [5.41, 5.74) is 2.49. The number of nitrogens with one attached hydrogen (secondary N) is 1. The minimum atomic E-state index is -0.137. The third-order valence-electron chi connectivity index (χ3n) is 5.60. The van der Waals surface area contributed by atoms with Crippen molar-refractivity contribution in [1.29, 1.82) is 0 Å². The Morgan fingerprint density at radius 3 is 2.91 bits per heavy atom. The molecular formula is C23H22N6O2S. The number of carbonyl (C=O) groups excluding carboxylic acids is 1. The average molecular weight is 447 g/mol. The highest BCUT2D eigenvalue weighted by molar-refractivity contribution is 7.15. The molecule has 1 N–H and O–H groups in total. The average Bonchev–Trinajstić information content (AvgIpc) is 3.25. The smallest absolute Gasteiger partial charge is 0.259 e. The van der Waals surface area contributed by atoms with Gasteiger partial charge in [-0.2, -0.15) is 0 Å². The van der Waals surface area contributed by atoms with Gasteiger partial charge in [0.25, 0.3) is 5.56 Å². The molecule has 1 atom stereocenters. The highest BCUT2D eigenvalue weighted by atomic mass is 32.1. The van der Waals surface area contributed by atoms with E-state index in [1.807, 2.05) is 35.7 Å². The summed E-state index contributed by atoms with van der Waals surface area (Å²) in [6, 6.07) is 11.5. The molecule has 5 rings (SSSR count). The number of thiazole rings is 1. The standard InChI is InChI=1S/C23H22N6O2S/c30-21-11-18(26-23-29(21)19(15-32-23)16-5-2-1-3-6-16)14-28-10-4-7-17(13-28)22(31)27-20-12-24-8-9-25-20/h1-3,5-6,8-9,11-12,15,17H,4,7,10,13-14H2,(H,25,27,31)/t17-/m1/s1. The summed E-state index contributed by atoms with van der Waals surface area (Å²) >= 11 is 1.46. The van der Waals surface area contributed by atoms with Crippen molar-refractivity contribution in [3.8, 4) is 11.3 Å². The zero-order chi connectivity index (χ0) is 21.9. The highest BCUT2D eigenvalue weighted by Gasteiger charge is 2.26. The van der Waals surface area contributed by atoms with E-state index in [0.717, 1.165) is 36.3 Å². The maximum absolute atomic E-state index is 12.9. The van der Waals surface area contributed by atoms with E-state index in [-0.39, 0.29) is 17.4 Å². The van der Waals surface area contributed by atoms with Gasteiger partial charge in [0.05, 0.1) is 23.5 Å². The first-order valence-electron chi connectivity index (χ1n) is 10.5. The number of amides is 1. The molecule has 0 radical (unpaired) electrons. The Morgan fingerprint density at radius 2 is 2.09 bits per heavy atom. The van der Waals surface area contributed by atoms with Crippen molar-refractivity contribution in [1.82, 2.24) is 24.3 Å². The zero-order valence-electron chi connectivity index (χ0n) is 17.3. The molecular weight excluding hydrogens is 424 g/mol. The number of likely N-dealkylation sites (tertiary alicyclic amines) is 1. The molecule has 4 aromatic rings. The number of anilines is 1. The van der Waals surface area contributed by atoms with Crippen LogP contribution in [-0.2, 0) is 11.3 Å². The van der Waals surface area contributed by atoms with Gasteiger partial charge in [0, 0.05) is 36.9 Å². The SMILES string of the molecule is O=C(Nc1cnccn1)[C@@H]1CCCN(Cc2cc(=O)n3c(-c4ccccc4)csc3n2)C1. The predicted octanol–water partition coefficient (Wildman–Crippen LogP) is 3.06. The molecule has 0 bridgehead atoms. The summed E-state index contributed by atoms with van der Waals surface area (Å²) in [6.45, 7) is 2.03. The van der Waals surface area contributed by atoms with Crippen LogP contribution < -0.4 is 10.9 Å². The summed E-state index contributed by atoms with van der Waals surface area (Å²) in [6.07, 6.45) is 6.40. The summed E-state index contributed by atoms with van der Waals surface area (Å²) in [7, 11) is 0. The second kappa shape index (κ2) is 8.97. The molecule has 0 aliphatic carbocycles. The fourth-order valence-corrected chi connectivity index (χ4v) is 5.01. The Hall–Kier alpha value is -3.43. The van der Waals surface area contributed by atoms with Gasteiger partial charge in [-0.05, 0) is 24.9 Å². The maximum atomic E-state index is 12.9. The lowest BCUT2D eigenvalue weighted by atomic mass is 9.97. The van der Waals surface area contributed by atoms with E-state index >= 15 is 0 Å². The summed E-state index contributed by atoms with van der Waals surface area (Å²) in [5.74, 6) is 0.271. The summed E-state index contributed by atoms with van der Waals surface area (Å²) < 4.78 is 1.66. The number of hydrogen-bond acceptors (Lipinski definition) is 7. The van der Waals surface area contributed by atoms with Gasteiger partial charge in [-0.1, -0.05) is 30.3 Å². The van der Waals surface area contributed by atoms with Crippen LogP contribution >= 0.6 is 11.3 Å². The number of fused-ring (bicyclic) bond motifs is 1. The quantitative estimate of drug-likeness (QED) is 0.507. The zero-order valence-corrected chi connectivity index (χ0v) is 18.2. The van der Waals surface area contributed by atoms with E-state index < -0.39 is 0 Å². The third kappa shape index (κ3) is 4.30. The molecule has 0 saturated carbocycles. The van der Waals surface area contributed by atoms with Crippen LogP contribution in [0.25, 0.3) is 16.2 Å². The molecule has 0 spiro atoms. The molecule has 8 nitrogen and oxygen atoms in total. The minimum absolute atomic E-state index is 0.0514. The van der Waals surface area contributed by atoms with E-state index in [4.69, 9.17) is 4.98 Å². The molecule has 1 fully saturated rings. The van der Waals surface area contributed by atoms with Gasteiger partial charge in [0.1, 0.15) is 0 Å². The Kier molecular flexibility index (Phi) is 5.74. The fraction of sp³-hybridized carbons (Fsp3) is 0.261. The number of aromatic nitrogens is 4. The lowest BCUT2D eigenvalue weighted by molar-refractivity contribution is -0.121. The maximum Gasteiger partial charge on any atom is 0.259 e. The van der Waals surface area contributed by atoms with Gasteiger partial charge >= 0.3 is 0 Å². The first kappa shape index (κ1) is 20.5. The molecule has 4 heterocycles. The molecule has 0 unspecified atom stereocenters. The summed E-state index contributed by atoms with van der Waals surface area (Å²) in [4.78, 5) is 41.3. The monoisotopic (exact) mass is 446 g/mol. The Bertz CT molecular complexity index is 1290. The normalized spacial score (nSPS) is 16.8. The van der Waals surface area contributed by atoms with Gasteiger partial charge in [-0.3, -0.25) is 23.9 Å². The van der Waals surface area contributed by atoms with Crippen molar-refractivity contribution in [2.45, 2.75) is 19.4 Å². The van der Waals surface area contributed by atoms with Gasteiger partial charge in [0.15, 0.2) is 10.8 Å². The lowest BCUT2D eigenvalue weighted by Crippen LogP contribution is -2.40. The molecule has 32 heavy (non-hydrogen) atoms. The Balaban J connectivity index is 1.31. The van der Waals surface area contributed by atoms with Gasteiger partial charge in [-0.15, -0.1) is 11.3 Å². The number of hydrogen-bond donors (Lipinski definition) is 1. The number of carbonyl (C=O) groups is 1. The van der Waals surface area contributed by atoms with Crippen molar-refractivity contribution in [3.05, 3.63) is 76.4 Å². The van der Waals surface area contributed by atoms with Crippen LogP contribution in [0.2, 0.25) is 0 Å². The van der Waals surface area contributed by atoms with Crippen LogP contribution in [0.5, 0.6) is 0 Å². The molecule has 9 heteroatoms. The fourth-order valence-electron chi connectivity index (χ4n) is 4.09. The molecule has 1 saturated heterocycles. The van der Waals surface area contributed by atoms with E-state index in [1.54, 1.807) is 22.9 Å². The highest BCUT2D eigenvalue weighted by Crippen LogP contribution is 2.24. The Labute approximate surface area is 188 Å². The van der Waals surface area contributed by atoms with Crippen LogP contribution in [0.15, 0.2) is 65.2 Å². The molecule has 3 aromatic heterocycles. The largest absolute Gasteiger partial charge is 0.309 e. The van der Waals surface area contributed by atoms with Gasteiger partial charge in [-0.25, -0.2) is 9.97 Å². The van der Waals surface area contributed by atoms with Crippen molar-refractivity contribution in [3.63, 3.8) is 0 Å². The number of benzene rings is 1. The van der Waals surface area contributed by atoms with Gasteiger partial charge in [0.2, 0.25) is 5.91 Å². The number of rotatable bonds is 5. The van der Waals surface area contributed by atoms with Crippen molar-refractivity contribution in [2.24, 2.45) is 5.92 Å². The molecule has 162 valence electrons. The van der Waals surface area contributed by atoms with E-state index in [1.165, 1.54) is 17.5 Å². The van der Waals surface area contributed by atoms with E-state index in [9.17, 15) is 9.59 Å². The van der Waals surface area contributed by atoms with Crippen molar-refractivity contribution >= 4 is 28.0 Å². The molecule has 1 aliphatic rings. The second-order valence-corrected chi connectivity index (χ2v) is 8.68. The Morgan fingerprint density at radius 1 is 1.22 bits per heavy atom. The molecule has 1 amide bonds.